The minimum atomic E-state index is -1.61. The Morgan fingerprint density at radius 2 is 1.14 bits per heavy atom. The van der Waals surface area contributed by atoms with E-state index in [9.17, 15) is 35.4 Å². The number of aliphatic hydroxyl groups excluding tert-OH is 6. The molecule has 1 amide bonds. The maximum Gasteiger partial charge on any atom is 0.249 e. The van der Waals surface area contributed by atoms with Crippen molar-refractivity contribution in [2.75, 3.05) is 13.2 Å². The van der Waals surface area contributed by atoms with E-state index in [0.29, 0.717) is 6.42 Å². The topological polar surface area (TPSA) is 169 Å². The highest BCUT2D eigenvalue weighted by Crippen LogP contribution is 2.22. The first-order valence-corrected chi connectivity index (χ1v) is 20.7. The second kappa shape index (κ2) is 32.1. The largest absolute Gasteiger partial charge is 0.394 e. The summed E-state index contributed by atoms with van der Waals surface area (Å²) in [6, 6.07) is -0.982. The van der Waals surface area contributed by atoms with Gasteiger partial charge in [-0.15, -0.1) is 0 Å². The van der Waals surface area contributed by atoms with E-state index in [4.69, 9.17) is 9.47 Å². The van der Waals surface area contributed by atoms with E-state index in [1.165, 1.54) is 83.5 Å². The molecule has 1 rings (SSSR count). The molecule has 0 aromatic carbocycles. The molecule has 10 heteroatoms. The van der Waals surface area contributed by atoms with Crippen LogP contribution in [0.4, 0.5) is 0 Å². The third-order valence-electron chi connectivity index (χ3n) is 9.88. The van der Waals surface area contributed by atoms with Gasteiger partial charge in [0.15, 0.2) is 6.29 Å². The molecule has 0 aromatic rings. The molecule has 8 atom stereocenters. The van der Waals surface area contributed by atoms with E-state index in [1.807, 2.05) is 6.08 Å². The zero-order valence-electron chi connectivity index (χ0n) is 32.2. The first kappa shape index (κ1) is 47.7. The van der Waals surface area contributed by atoms with Gasteiger partial charge in [-0.3, -0.25) is 4.79 Å². The minimum absolute atomic E-state index is 0.309. The maximum atomic E-state index is 13.0. The highest BCUT2D eigenvalue weighted by atomic mass is 16.7. The lowest BCUT2D eigenvalue weighted by atomic mass is 9.99. The fraction of sp³-hybridized carbons (Fsp3) is 0.878. The van der Waals surface area contributed by atoms with Gasteiger partial charge in [0, 0.05) is 0 Å². The summed E-state index contributed by atoms with van der Waals surface area (Å²) < 4.78 is 11.1. The van der Waals surface area contributed by atoms with Crippen molar-refractivity contribution in [3.8, 4) is 0 Å². The molecular formula is C41H77NO9. The first-order chi connectivity index (χ1) is 24.8. The van der Waals surface area contributed by atoms with Crippen LogP contribution in [0.1, 0.15) is 168 Å². The predicted molar refractivity (Wildman–Crippen MR) is 204 cm³/mol. The van der Waals surface area contributed by atoms with Crippen LogP contribution in [0.5, 0.6) is 0 Å². The Kier molecular flexibility index (Phi) is 30.0. The number of allylic oxidation sites excluding steroid dienone is 3. The maximum absolute atomic E-state index is 13.0. The van der Waals surface area contributed by atoms with Crippen molar-refractivity contribution in [3.63, 3.8) is 0 Å². The molecule has 0 saturated carbocycles. The van der Waals surface area contributed by atoms with Crippen molar-refractivity contribution in [1.29, 1.82) is 0 Å². The Morgan fingerprint density at radius 1 is 0.667 bits per heavy atom. The Labute approximate surface area is 310 Å². The van der Waals surface area contributed by atoms with Crippen molar-refractivity contribution < 1.29 is 44.9 Å². The number of aliphatic hydroxyl groups is 6. The number of unbranched alkanes of at least 4 members (excludes halogenated alkanes) is 20. The highest BCUT2D eigenvalue weighted by Gasteiger charge is 2.44. The molecule has 1 aliphatic heterocycles. The van der Waals surface area contributed by atoms with Gasteiger partial charge in [-0.25, -0.2) is 0 Å². The van der Waals surface area contributed by atoms with Crippen LogP contribution in [0.25, 0.3) is 0 Å². The fourth-order valence-electron chi connectivity index (χ4n) is 6.39. The predicted octanol–water partition coefficient (Wildman–Crippen LogP) is 6.52. The van der Waals surface area contributed by atoms with Crippen molar-refractivity contribution in [3.05, 3.63) is 24.3 Å². The molecule has 51 heavy (non-hydrogen) atoms. The van der Waals surface area contributed by atoms with Crippen LogP contribution in [0.3, 0.4) is 0 Å². The van der Waals surface area contributed by atoms with Crippen LogP contribution < -0.4 is 5.32 Å². The van der Waals surface area contributed by atoms with Crippen molar-refractivity contribution in [2.45, 2.75) is 217 Å². The van der Waals surface area contributed by atoms with Gasteiger partial charge in [0.05, 0.1) is 25.4 Å². The van der Waals surface area contributed by atoms with E-state index in [2.05, 4.69) is 31.3 Å². The van der Waals surface area contributed by atoms with E-state index >= 15 is 0 Å². The molecule has 300 valence electrons. The standard InChI is InChI=1S/C41H77NO9/c1-3-5-7-9-11-13-15-17-18-20-21-23-25-27-29-34(44)33(32-50-41-39(48)38(47)37(46)36(31-43)51-41)42-40(49)35(45)30-28-26-24-22-19-16-14-12-10-8-6-4-2/h15,17,27,29,33-39,41,43-48H,3-14,16,18-26,28,30-32H2,1-2H3,(H,42,49)/b17-15+,29-27+/t33-,34+,35+,36+,37+,38-,39+,41+/m0/s1. The minimum Gasteiger partial charge on any atom is -0.394 e. The molecule has 1 heterocycles. The summed E-state index contributed by atoms with van der Waals surface area (Å²) in [6.45, 7) is 3.55. The van der Waals surface area contributed by atoms with E-state index < -0.39 is 61.5 Å². The number of amides is 1. The molecule has 0 aromatic heterocycles. The lowest BCUT2D eigenvalue weighted by molar-refractivity contribution is -0.302. The molecule has 1 saturated heterocycles. The summed E-state index contributed by atoms with van der Waals surface area (Å²) in [4.78, 5) is 13.0. The van der Waals surface area contributed by atoms with Crippen LogP contribution in [0, 0.1) is 0 Å². The summed E-state index contributed by atoms with van der Waals surface area (Å²) in [7, 11) is 0. The van der Waals surface area contributed by atoms with Gasteiger partial charge in [-0.2, -0.15) is 0 Å². The van der Waals surface area contributed by atoms with Gasteiger partial charge in [-0.1, -0.05) is 147 Å². The van der Waals surface area contributed by atoms with E-state index in [-0.39, 0.29) is 6.61 Å². The summed E-state index contributed by atoms with van der Waals surface area (Å²) in [5.41, 5.74) is 0. The van der Waals surface area contributed by atoms with Gasteiger partial charge in [-0.05, 0) is 44.9 Å². The van der Waals surface area contributed by atoms with Crippen LogP contribution in [0.15, 0.2) is 24.3 Å². The average molecular weight is 728 g/mol. The summed E-state index contributed by atoms with van der Waals surface area (Å²) in [5, 5.41) is 64.4. The summed E-state index contributed by atoms with van der Waals surface area (Å²) in [6.07, 6.45) is 25.5. The monoisotopic (exact) mass is 728 g/mol. The van der Waals surface area contributed by atoms with E-state index in [1.54, 1.807) is 6.08 Å². The number of carbonyl (C=O) groups is 1. The van der Waals surface area contributed by atoms with Gasteiger partial charge in [0.1, 0.15) is 30.5 Å². The molecule has 7 N–H and O–H groups in total. The molecule has 1 aliphatic rings. The van der Waals surface area contributed by atoms with Gasteiger partial charge in [0.2, 0.25) is 5.91 Å². The molecule has 10 nitrogen and oxygen atoms in total. The second-order valence-electron chi connectivity index (χ2n) is 14.6. The Balaban J connectivity index is 2.51. The normalized spacial score (nSPS) is 22.9. The smallest absolute Gasteiger partial charge is 0.249 e. The summed E-state index contributed by atoms with van der Waals surface area (Å²) >= 11 is 0. The molecule has 0 bridgehead atoms. The highest BCUT2D eigenvalue weighted by molar-refractivity contribution is 5.80. The number of hydrogen-bond acceptors (Lipinski definition) is 9. The van der Waals surface area contributed by atoms with Crippen LogP contribution in [-0.2, 0) is 14.3 Å². The second-order valence-corrected chi connectivity index (χ2v) is 14.6. The number of nitrogens with one attached hydrogen (secondary N) is 1. The van der Waals surface area contributed by atoms with Crippen LogP contribution in [-0.4, -0.2) is 98.7 Å². The third kappa shape index (κ3) is 23.1. The molecule has 1 fully saturated rings. The Hall–Kier alpha value is -1.37. The van der Waals surface area contributed by atoms with Gasteiger partial charge < -0.3 is 45.4 Å². The molecular weight excluding hydrogens is 650 g/mol. The number of ether oxygens (including phenoxy) is 2. The SMILES string of the molecule is CCCCCCC/C=C/CCCCC/C=C/[C@@H](O)[C@H](CO[C@@H]1O[C@H](CO)[C@@H](O)[C@H](O)[C@H]1O)NC(=O)[C@H](O)CCCCCCCCCCCCCC. The number of hydrogen-bond donors (Lipinski definition) is 7. The molecule has 0 spiro atoms. The van der Waals surface area contributed by atoms with Crippen LogP contribution >= 0.6 is 0 Å². The third-order valence-corrected chi connectivity index (χ3v) is 9.88. The lowest BCUT2D eigenvalue weighted by Crippen LogP contribution is -2.60. The average Bonchev–Trinajstić information content (AvgIpc) is 3.13. The first-order valence-electron chi connectivity index (χ1n) is 20.7. The Bertz CT molecular complexity index is 870. The van der Waals surface area contributed by atoms with Crippen molar-refractivity contribution >= 4 is 5.91 Å². The zero-order chi connectivity index (χ0) is 37.5. The number of carbonyl (C=O) groups excluding carboxylic acids is 1. The molecule has 0 radical (unpaired) electrons. The zero-order valence-corrected chi connectivity index (χ0v) is 32.2. The summed E-state index contributed by atoms with van der Waals surface area (Å²) in [5.74, 6) is -0.623. The Morgan fingerprint density at radius 3 is 1.67 bits per heavy atom. The van der Waals surface area contributed by atoms with Crippen molar-refractivity contribution in [2.24, 2.45) is 0 Å². The van der Waals surface area contributed by atoms with Crippen molar-refractivity contribution in [1.82, 2.24) is 5.32 Å². The molecule has 0 aliphatic carbocycles. The fourth-order valence-corrected chi connectivity index (χ4v) is 6.39. The number of rotatable bonds is 33. The van der Waals surface area contributed by atoms with Gasteiger partial charge in [0.25, 0.3) is 0 Å². The quantitative estimate of drug-likeness (QED) is 0.0294. The van der Waals surface area contributed by atoms with Crippen LogP contribution in [0.2, 0.25) is 0 Å². The van der Waals surface area contributed by atoms with Gasteiger partial charge >= 0.3 is 0 Å². The molecule has 0 unspecified atom stereocenters. The van der Waals surface area contributed by atoms with E-state index in [0.717, 1.165) is 64.2 Å². The lowest BCUT2D eigenvalue weighted by Gasteiger charge is -2.40.